The van der Waals surface area contributed by atoms with Gasteiger partial charge in [-0.2, -0.15) is 0 Å². The summed E-state index contributed by atoms with van der Waals surface area (Å²) in [4.78, 5) is 22.8. The molecule has 1 amide bonds. The summed E-state index contributed by atoms with van der Waals surface area (Å²) in [5.41, 5.74) is 5.41. The molecule has 0 radical (unpaired) electrons. The molecule has 1 heterocycles. The van der Waals surface area contributed by atoms with Crippen LogP contribution in [0.2, 0.25) is 0 Å². The van der Waals surface area contributed by atoms with Gasteiger partial charge in [-0.05, 0) is 6.07 Å². The quantitative estimate of drug-likeness (QED) is 0.681. The Labute approximate surface area is 93.6 Å². The lowest BCUT2D eigenvalue weighted by Gasteiger charge is -2.02. The zero-order chi connectivity index (χ0) is 12.0. The van der Waals surface area contributed by atoms with E-state index in [1.165, 1.54) is 10.6 Å². The van der Waals surface area contributed by atoms with Gasteiger partial charge in [0, 0.05) is 38.0 Å². The summed E-state index contributed by atoms with van der Waals surface area (Å²) < 4.78 is 1.41. The van der Waals surface area contributed by atoms with E-state index in [-0.39, 0.29) is 11.5 Å². The number of amides is 1. The Bertz CT molecular complexity index is 449. The van der Waals surface area contributed by atoms with Crippen LogP contribution in [0.4, 0.5) is 0 Å². The minimum absolute atomic E-state index is 0.204. The molecule has 0 aliphatic rings. The van der Waals surface area contributed by atoms with Gasteiger partial charge in [-0.15, -0.1) is 0 Å². The van der Waals surface area contributed by atoms with E-state index in [4.69, 9.17) is 5.73 Å². The van der Waals surface area contributed by atoms with Gasteiger partial charge in [-0.3, -0.25) is 9.59 Å². The Hall–Kier alpha value is -1.88. The minimum Gasteiger partial charge on any atom is -0.349 e. The molecule has 0 atom stereocenters. The van der Waals surface area contributed by atoms with Crippen molar-refractivity contribution in [2.75, 3.05) is 13.1 Å². The molecule has 0 saturated carbocycles. The van der Waals surface area contributed by atoms with Crippen molar-refractivity contribution in [3.8, 4) is 0 Å². The van der Waals surface area contributed by atoms with Crippen LogP contribution in [0.5, 0.6) is 0 Å². The SMILES string of the molecule is Cn1ccc(C(=O)NC/C=C/CN)cc1=O. The number of hydrogen-bond donors (Lipinski definition) is 2. The lowest BCUT2D eigenvalue weighted by Crippen LogP contribution is -2.26. The third kappa shape index (κ3) is 3.36. The summed E-state index contributed by atoms with van der Waals surface area (Å²) in [7, 11) is 1.63. The normalized spacial score (nSPS) is 10.6. The van der Waals surface area contributed by atoms with Crippen molar-refractivity contribution in [1.29, 1.82) is 0 Å². The maximum atomic E-state index is 11.5. The molecule has 0 aliphatic heterocycles. The first-order valence-corrected chi connectivity index (χ1v) is 4.95. The second-order valence-corrected chi connectivity index (χ2v) is 3.28. The van der Waals surface area contributed by atoms with E-state index >= 15 is 0 Å². The van der Waals surface area contributed by atoms with E-state index in [0.717, 1.165) is 0 Å². The molecule has 1 aromatic rings. The summed E-state index contributed by atoms with van der Waals surface area (Å²) in [6, 6.07) is 2.91. The van der Waals surface area contributed by atoms with Crippen molar-refractivity contribution in [3.05, 3.63) is 46.4 Å². The summed E-state index contributed by atoms with van der Waals surface area (Å²) >= 11 is 0. The minimum atomic E-state index is -0.264. The van der Waals surface area contributed by atoms with E-state index in [0.29, 0.717) is 18.7 Å². The van der Waals surface area contributed by atoms with Crippen LogP contribution in [0.3, 0.4) is 0 Å². The van der Waals surface area contributed by atoms with Gasteiger partial charge in [0.1, 0.15) is 0 Å². The lowest BCUT2D eigenvalue weighted by atomic mass is 10.2. The van der Waals surface area contributed by atoms with Crippen LogP contribution in [0.1, 0.15) is 10.4 Å². The smallest absolute Gasteiger partial charge is 0.251 e. The van der Waals surface area contributed by atoms with E-state index < -0.39 is 0 Å². The number of carbonyl (C=O) groups excluding carboxylic acids is 1. The van der Waals surface area contributed by atoms with Crippen molar-refractivity contribution in [2.24, 2.45) is 12.8 Å². The molecule has 0 unspecified atom stereocenters. The third-order valence-electron chi connectivity index (χ3n) is 2.05. The van der Waals surface area contributed by atoms with Crippen molar-refractivity contribution < 1.29 is 4.79 Å². The highest BCUT2D eigenvalue weighted by Gasteiger charge is 2.04. The first-order valence-electron chi connectivity index (χ1n) is 4.95. The van der Waals surface area contributed by atoms with Crippen LogP contribution in [-0.4, -0.2) is 23.6 Å². The van der Waals surface area contributed by atoms with Crippen molar-refractivity contribution in [1.82, 2.24) is 9.88 Å². The summed E-state index contributed by atoms with van der Waals surface area (Å²) in [5.74, 6) is -0.264. The van der Waals surface area contributed by atoms with Gasteiger partial charge in [-0.25, -0.2) is 0 Å². The highest BCUT2D eigenvalue weighted by Crippen LogP contribution is 1.93. The number of carbonyl (C=O) groups is 1. The average molecular weight is 221 g/mol. The van der Waals surface area contributed by atoms with Gasteiger partial charge >= 0.3 is 0 Å². The van der Waals surface area contributed by atoms with Crippen LogP contribution in [0, 0.1) is 0 Å². The molecule has 0 bridgehead atoms. The van der Waals surface area contributed by atoms with Crippen molar-refractivity contribution >= 4 is 5.91 Å². The topological polar surface area (TPSA) is 77.1 Å². The Morgan fingerprint density at radius 1 is 1.56 bits per heavy atom. The number of aryl methyl sites for hydroxylation is 1. The fraction of sp³-hybridized carbons (Fsp3) is 0.273. The Morgan fingerprint density at radius 2 is 2.31 bits per heavy atom. The number of nitrogens with zero attached hydrogens (tertiary/aromatic N) is 1. The largest absolute Gasteiger partial charge is 0.349 e. The van der Waals surface area contributed by atoms with Crippen molar-refractivity contribution in [2.45, 2.75) is 0 Å². The van der Waals surface area contributed by atoms with Gasteiger partial charge in [0.15, 0.2) is 0 Å². The highest BCUT2D eigenvalue weighted by molar-refractivity contribution is 5.94. The molecule has 0 saturated heterocycles. The zero-order valence-electron chi connectivity index (χ0n) is 9.14. The van der Waals surface area contributed by atoms with E-state index in [1.54, 1.807) is 31.5 Å². The molecule has 0 spiro atoms. The Balaban J connectivity index is 2.63. The van der Waals surface area contributed by atoms with Crippen LogP contribution in [-0.2, 0) is 7.05 Å². The summed E-state index contributed by atoms with van der Waals surface area (Å²) in [6.07, 6.45) is 5.08. The van der Waals surface area contributed by atoms with Gasteiger partial charge in [0.05, 0.1) is 0 Å². The predicted octanol–water partition coefficient (Wildman–Crippen LogP) is -0.370. The van der Waals surface area contributed by atoms with Gasteiger partial charge in [-0.1, -0.05) is 12.2 Å². The average Bonchev–Trinajstić information content (AvgIpc) is 2.28. The molecule has 0 aliphatic carbocycles. The van der Waals surface area contributed by atoms with Gasteiger partial charge in [0.2, 0.25) is 0 Å². The van der Waals surface area contributed by atoms with Crippen LogP contribution < -0.4 is 16.6 Å². The number of rotatable bonds is 4. The molecule has 1 aromatic heterocycles. The Kier molecular flexibility index (Phi) is 4.47. The third-order valence-corrected chi connectivity index (χ3v) is 2.05. The van der Waals surface area contributed by atoms with Crippen LogP contribution >= 0.6 is 0 Å². The monoisotopic (exact) mass is 221 g/mol. The number of aromatic nitrogens is 1. The number of pyridine rings is 1. The number of nitrogens with one attached hydrogen (secondary N) is 1. The second-order valence-electron chi connectivity index (χ2n) is 3.28. The molecule has 5 heteroatoms. The first kappa shape index (κ1) is 12.2. The van der Waals surface area contributed by atoms with E-state index in [2.05, 4.69) is 5.32 Å². The van der Waals surface area contributed by atoms with Crippen LogP contribution in [0.25, 0.3) is 0 Å². The Morgan fingerprint density at radius 3 is 2.94 bits per heavy atom. The molecule has 3 N–H and O–H groups in total. The maximum absolute atomic E-state index is 11.5. The van der Waals surface area contributed by atoms with Gasteiger partial charge < -0.3 is 15.6 Å². The number of nitrogens with two attached hydrogens (primary N) is 1. The summed E-state index contributed by atoms with van der Waals surface area (Å²) in [6.45, 7) is 0.854. The molecular weight excluding hydrogens is 206 g/mol. The van der Waals surface area contributed by atoms with E-state index in [9.17, 15) is 9.59 Å². The molecule has 1 rings (SSSR count). The second kappa shape index (κ2) is 5.87. The van der Waals surface area contributed by atoms with Crippen LogP contribution in [0.15, 0.2) is 35.3 Å². The van der Waals surface area contributed by atoms with Crippen molar-refractivity contribution in [3.63, 3.8) is 0 Å². The highest BCUT2D eigenvalue weighted by atomic mass is 16.2. The molecular formula is C11H15N3O2. The maximum Gasteiger partial charge on any atom is 0.251 e. The molecule has 16 heavy (non-hydrogen) atoms. The lowest BCUT2D eigenvalue weighted by molar-refractivity contribution is 0.0957. The molecule has 86 valence electrons. The predicted molar refractivity (Wildman–Crippen MR) is 62.2 cm³/mol. The number of hydrogen-bond acceptors (Lipinski definition) is 3. The summed E-state index contributed by atoms with van der Waals surface area (Å²) in [5, 5.41) is 2.65. The fourth-order valence-electron chi connectivity index (χ4n) is 1.12. The zero-order valence-corrected chi connectivity index (χ0v) is 9.14. The fourth-order valence-corrected chi connectivity index (χ4v) is 1.12. The molecule has 0 fully saturated rings. The molecule has 5 nitrogen and oxygen atoms in total. The molecule has 0 aromatic carbocycles. The standard InChI is InChI=1S/C11H15N3O2/c1-14-7-4-9(8-10(14)15)11(16)13-6-3-2-5-12/h2-4,7-8H,5-6,12H2,1H3,(H,13,16)/b3-2+. The van der Waals surface area contributed by atoms with Gasteiger partial charge in [0.25, 0.3) is 11.5 Å². The first-order chi connectivity index (χ1) is 7.65. The van der Waals surface area contributed by atoms with E-state index in [1.807, 2.05) is 0 Å².